The van der Waals surface area contributed by atoms with Crippen molar-refractivity contribution < 1.29 is 0 Å². The van der Waals surface area contributed by atoms with Crippen LogP contribution in [0.1, 0.15) is 6.42 Å². The van der Waals surface area contributed by atoms with Crippen LogP contribution >= 0.6 is 23.2 Å². The van der Waals surface area contributed by atoms with Crippen molar-refractivity contribution >= 4 is 51.6 Å². The van der Waals surface area contributed by atoms with E-state index in [9.17, 15) is 0 Å². The Morgan fingerprint density at radius 1 is 1.09 bits per heavy atom. The summed E-state index contributed by atoms with van der Waals surface area (Å²) in [5.74, 6) is 0.878. The van der Waals surface area contributed by atoms with Gasteiger partial charge in [0.05, 0.1) is 27.4 Å². The van der Waals surface area contributed by atoms with Gasteiger partial charge in [0.1, 0.15) is 0 Å². The Balaban J connectivity index is 1.92. The van der Waals surface area contributed by atoms with E-state index in [1.165, 1.54) is 0 Å². The lowest BCUT2D eigenvalue weighted by Gasteiger charge is -2.30. The van der Waals surface area contributed by atoms with E-state index in [-0.39, 0.29) is 0 Å². The lowest BCUT2D eigenvalue weighted by Crippen LogP contribution is -2.28. The Labute approximate surface area is 138 Å². The van der Waals surface area contributed by atoms with Gasteiger partial charge in [-0.25, -0.2) is 4.98 Å². The molecule has 2 heterocycles. The average Bonchev–Trinajstić information content (AvgIpc) is 2.87. The molecule has 2 N–H and O–H groups in total. The highest BCUT2D eigenvalue weighted by atomic mass is 35.5. The van der Waals surface area contributed by atoms with E-state index in [0.29, 0.717) is 10.0 Å². The van der Waals surface area contributed by atoms with E-state index in [2.05, 4.69) is 9.47 Å². The van der Waals surface area contributed by atoms with Crippen LogP contribution in [-0.4, -0.2) is 16.1 Å². The highest BCUT2D eigenvalue weighted by molar-refractivity contribution is 6.36. The van der Waals surface area contributed by atoms with Crippen LogP contribution in [0.2, 0.25) is 10.0 Å². The van der Waals surface area contributed by atoms with Crippen LogP contribution in [0, 0.1) is 0 Å². The number of nitrogens with zero attached hydrogens (tertiary/aromatic N) is 3. The van der Waals surface area contributed by atoms with Crippen LogP contribution < -0.4 is 10.6 Å². The van der Waals surface area contributed by atoms with Gasteiger partial charge < -0.3 is 15.2 Å². The number of hydrogen-bond donors (Lipinski definition) is 1. The molecule has 0 atom stereocenters. The van der Waals surface area contributed by atoms with Crippen molar-refractivity contribution in [2.24, 2.45) is 0 Å². The van der Waals surface area contributed by atoms with Gasteiger partial charge in [-0.2, -0.15) is 0 Å². The normalized spacial score (nSPS) is 14.4. The Hall–Kier alpha value is -1.91. The Bertz CT molecular complexity index is 872. The molecule has 1 aliphatic rings. The van der Waals surface area contributed by atoms with E-state index in [1.807, 2.05) is 30.3 Å². The zero-order valence-electron chi connectivity index (χ0n) is 11.8. The maximum atomic E-state index is 6.37. The first-order valence-corrected chi connectivity index (χ1v) is 7.88. The number of anilines is 3. The van der Waals surface area contributed by atoms with Crippen molar-refractivity contribution in [2.45, 2.75) is 13.0 Å². The second-order valence-electron chi connectivity index (χ2n) is 5.38. The topological polar surface area (TPSA) is 47.1 Å². The zero-order chi connectivity index (χ0) is 15.3. The monoisotopic (exact) mass is 332 g/mol. The molecule has 0 amide bonds. The molecule has 0 radical (unpaired) electrons. The molecule has 6 heteroatoms. The van der Waals surface area contributed by atoms with Crippen LogP contribution in [0.4, 0.5) is 17.3 Å². The predicted molar refractivity (Wildman–Crippen MR) is 92.2 cm³/mol. The summed E-state index contributed by atoms with van der Waals surface area (Å²) in [7, 11) is 0. The molecule has 0 aliphatic carbocycles. The molecule has 0 fully saturated rings. The van der Waals surface area contributed by atoms with E-state index < -0.39 is 0 Å². The number of nitrogen functional groups attached to an aromatic ring is 1. The van der Waals surface area contributed by atoms with Gasteiger partial charge in [0.15, 0.2) is 0 Å². The van der Waals surface area contributed by atoms with E-state index in [4.69, 9.17) is 33.9 Å². The molecular weight excluding hydrogens is 319 g/mol. The standard InChI is InChI=1S/C16H14Cl2N4/c17-10-5-6-14(11(18)9-10)21-7-2-8-22-15-12(19)3-1-4-13(15)20-16(21)22/h1,3-6,9H,2,7-8,19H2. The number of nitrogens with two attached hydrogens (primary N) is 1. The summed E-state index contributed by atoms with van der Waals surface area (Å²) in [5, 5.41) is 1.25. The number of aryl methyl sites for hydroxylation is 1. The van der Waals surface area contributed by atoms with Gasteiger partial charge in [0, 0.05) is 18.1 Å². The van der Waals surface area contributed by atoms with Crippen molar-refractivity contribution in [2.75, 3.05) is 17.2 Å². The smallest absolute Gasteiger partial charge is 0.211 e. The molecule has 0 bridgehead atoms. The van der Waals surface area contributed by atoms with Crippen LogP contribution in [0.25, 0.3) is 11.0 Å². The number of hydrogen-bond acceptors (Lipinski definition) is 3. The summed E-state index contributed by atoms with van der Waals surface area (Å²) < 4.78 is 2.17. The maximum Gasteiger partial charge on any atom is 0.211 e. The molecule has 4 rings (SSSR count). The first-order valence-electron chi connectivity index (χ1n) is 7.12. The quantitative estimate of drug-likeness (QED) is 0.669. The first-order chi connectivity index (χ1) is 10.6. The van der Waals surface area contributed by atoms with E-state index in [1.54, 1.807) is 6.07 Å². The lowest BCUT2D eigenvalue weighted by molar-refractivity contribution is 0.604. The Morgan fingerprint density at radius 2 is 1.95 bits per heavy atom. The molecule has 4 nitrogen and oxygen atoms in total. The second-order valence-corrected chi connectivity index (χ2v) is 6.22. The summed E-state index contributed by atoms with van der Waals surface area (Å²) in [6.45, 7) is 1.77. The number of para-hydroxylation sites is 1. The molecular formula is C16H14Cl2N4. The van der Waals surface area contributed by atoms with E-state index in [0.717, 1.165) is 47.9 Å². The molecule has 0 saturated carbocycles. The highest BCUT2D eigenvalue weighted by Gasteiger charge is 2.24. The molecule has 3 aromatic rings. The molecule has 22 heavy (non-hydrogen) atoms. The molecule has 0 unspecified atom stereocenters. The van der Waals surface area contributed by atoms with Gasteiger partial charge in [-0.15, -0.1) is 0 Å². The minimum Gasteiger partial charge on any atom is -0.397 e. The van der Waals surface area contributed by atoms with Crippen LogP contribution in [0.5, 0.6) is 0 Å². The number of rotatable bonds is 1. The zero-order valence-corrected chi connectivity index (χ0v) is 13.3. The van der Waals surface area contributed by atoms with Gasteiger partial charge in [-0.3, -0.25) is 0 Å². The van der Waals surface area contributed by atoms with Gasteiger partial charge >= 0.3 is 0 Å². The first kappa shape index (κ1) is 13.7. The lowest BCUT2D eigenvalue weighted by atomic mass is 10.2. The fourth-order valence-corrected chi connectivity index (χ4v) is 3.54. The predicted octanol–water partition coefficient (Wildman–Crippen LogP) is 4.47. The van der Waals surface area contributed by atoms with Crippen LogP contribution in [0.3, 0.4) is 0 Å². The third-order valence-corrected chi connectivity index (χ3v) is 4.52. The fraction of sp³-hybridized carbons (Fsp3) is 0.188. The molecule has 2 aromatic carbocycles. The van der Waals surface area contributed by atoms with Gasteiger partial charge in [-0.1, -0.05) is 29.3 Å². The number of benzene rings is 2. The number of fused-ring (bicyclic) bond motifs is 3. The van der Waals surface area contributed by atoms with Crippen LogP contribution in [0.15, 0.2) is 36.4 Å². The summed E-state index contributed by atoms with van der Waals surface area (Å²) >= 11 is 12.4. The van der Waals surface area contributed by atoms with Crippen LogP contribution in [-0.2, 0) is 6.54 Å². The number of aromatic nitrogens is 2. The van der Waals surface area contributed by atoms with Crippen molar-refractivity contribution in [1.29, 1.82) is 0 Å². The average molecular weight is 333 g/mol. The minimum absolute atomic E-state index is 0.626. The van der Waals surface area contributed by atoms with Gasteiger partial charge in [0.25, 0.3) is 0 Å². The third-order valence-electron chi connectivity index (χ3n) is 3.98. The van der Waals surface area contributed by atoms with Crippen molar-refractivity contribution in [3.8, 4) is 0 Å². The number of imidazole rings is 1. The van der Waals surface area contributed by atoms with Gasteiger partial charge in [0.2, 0.25) is 5.95 Å². The molecule has 0 saturated heterocycles. The Morgan fingerprint density at radius 3 is 2.77 bits per heavy atom. The summed E-state index contributed by atoms with van der Waals surface area (Å²) in [6, 6.07) is 11.4. The molecule has 0 spiro atoms. The van der Waals surface area contributed by atoms with Crippen molar-refractivity contribution in [3.63, 3.8) is 0 Å². The summed E-state index contributed by atoms with van der Waals surface area (Å²) in [4.78, 5) is 6.88. The SMILES string of the molecule is Nc1cccc2nc3n(c12)CCCN3c1ccc(Cl)cc1Cl. The summed E-state index contributed by atoms with van der Waals surface area (Å²) in [5.41, 5.74) is 9.71. The molecule has 1 aliphatic heterocycles. The van der Waals surface area contributed by atoms with E-state index >= 15 is 0 Å². The molecule has 1 aromatic heterocycles. The Kier molecular flexibility index (Phi) is 3.17. The van der Waals surface area contributed by atoms with Crippen molar-refractivity contribution in [3.05, 3.63) is 46.4 Å². The third kappa shape index (κ3) is 2.02. The largest absolute Gasteiger partial charge is 0.397 e. The molecule has 112 valence electrons. The minimum atomic E-state index is 0.626. The number of halogens is 2. The highest BCUT2D eigenvalue weighted by Crippen LogP contribution is 2.38. The summed E-state index contributed by atoms with van der Waals surface area (Å²) in [6.07, 6.45) is 1.01. The van der Waals surface area contributed by atoms with Gasteiger partial charge in [-0.05, 0) is 36.8 Å². The van der Waals surface area contributed by atoms with Crippen molar-refractivity contribution in [1.82, 2.24) is 9.55 Å². The second kappa shape index (κ2) is 5.07. The maximum absolute atomic E-state index is 6.37. The fourth-order valence-electron chi connectivity index (χ4n) is 3.03.